The third-order valence-corrected chi connectivity index (χ3v) is 4.10. The van der Waals surface area contributed by atoms with Crippen LogP contribution in [0, 0.1) is 5.92 Å². The lowest BCUT2D eigenvalue weighted by molar-refractivity contribution is -0.126. The molecule has 10 heteroatoms. The maximum Gasteiger partial charge on any atom is 0.408 e. The summed E-state index contributed by atoms with van der Waals surface area (Å²) < 4.78 is 5.23. The number of amides is 2. The molecule has 1 fully saturated rings. The molecule has 2 amide bonds. The molecule has 0 aliphatic heterocycles. The Kier molecular flexibility index (Phi) is 8.43. The Hall–Kier alpha value is -2.23. The number of carbonyl (C=O) groups excluding carboxylic acids is 2. The molecule has 0 bridgehead atoms. The van der Waals surface area contributed by atoms with E-state index in [9.17, 15) is 9.59 Å². The van der Waals surface area contributed by atoms with E-state index in [1.165, 1.54) is 0 Å². The van der Waals surface area contributed by atoms with Crippen molar-refractivity contribution >= 4 is 17.8 Å². The predicted molar refractivity (Wildman–Crippen MR) is 96.7 cm³/mol. The molecule has 1 rings (SSSR count). The lowest BCUT2D eigenvalue weighted by Gasteiger charge is -2.25. The summed E-state index contributed by atoms with van der Waals surface area (Å²) in [5.74, 6) is 4.93. The van der Waals surface area contributed by atoms with Crippen LogP contribution >= 0.6 is 0 Å². The van der Waals surface area contributed by atoms with Crippen LogP contribution in [0.5, 0.6) is 0 Å². The number of hydrogen-bond donors (Lipinski definition) is 5. The number of ether oxygens (including phenoxy) is 1. The fourth-order valence-electron chi connectivity index (χ4n) is 2.95. The molecule has 8 N–H and O–H groups in total. The minimum Gasteiger partial charge on any atom is -0.444 e. The molecule has 1 aliphatic rings. The minimum absolute atomic E-state index is 0.122. The van der Waals surface area contributed by atoms with Gasteiger partial charge in [-0.3, -0.25) is 16.0 Å². The summed E-state index contributed by atoms with van der Waals surface area (Å²) in [7, 11) is 0. The summed E-state index contributed by atoms with van der Waals surface area (Å²) in [6.07, 6.45) is 2.85. The van der Waals surface area contributed by atoms with Gasteiger partial charge in [0, 0.05) is 11.3 Å². The van der Waals surface area contributed by atoms with Crippen LogP contribution in [0.25, 0.3) is 0 Å². The van der Waals surface area contributed by atoms with E-state index in [0.29, 0.717) is 25.2 Å². The van der Waals surface area contributed by atoms with Gasteiger partial charge < -0.3 is 21.1 Å². The average Bonchev–Trinajstić information content (AvgIpc) is 2.98. The SMILES string of the molecule is CC(C)(C)OC(=O)NC(CCCN)C(=O)NC1CCCC1C(=[NH2+])N=NN. The molecule has 0 heterocycles. The van der Waals surface area contributed by atoms with Gasteiger partial charge in [0.05, 0.1) is 11.0 Å². The molecule has 1 aliphatic carbocycles. The van der Waals surface area contributed by atoms with E-state index in [2.05, 4.69) is 21.0 Å². The van der Waals surface area contributed by atoms with Crippen LogP contribution in [0.1, 0.15) is 52.9 Å². The van der Waals surface area contributed by atoms with Crippen molar-refractivity contribution in [3.05, 3.63) is 0 Å². The zero-order valence-electron chi connectivity index (χ0n) is 15.8. The van der Waals surface area contributed by atoms with Crippen LogP contribution < -0.4 is 27.6 Å². The smallest absolute Gasteiger partial charge is 0.408 e. The van der Waals surface area contributed by atoms with Crippen molar-refractivity contribution in [1.29, 1.82) is 0 Å². The Labute approximate surface area is 154 Å². The third-order valence-electron chi connectivity index (χ3n) is 4.10. The van der Waals surface area contributed by atoms with Crippen LogP contribution in [-0.4, -0.2) is 42.1 Å². The quantitative estimate of drug-likeness (QED) is 0.132. The van der Waals surface area contributed by atoms with Crippen molar-refractivity contribution in [3.8, 4) is 0 Å². The highest BCUT2D eigenvalue weighted by atomic mass is 16.6. The summed E-state index contributed by atoms with van der Waals surface area (Å²) >= 11 is 0. The van der Waals surface area contributed by atoms with Gasteiger partial charge in [-0.25, -0.2) is 4.79 Å². The molecule has 3 unspecified atom stereocenters. The zero-order valence-corrected chi connectivity index (χ0v) is 15.8. The minimum atomic E-state index is -0.730. The monoisotopic (exact) mass is 370 g/mol. The summed E-state index contributed by atoms with van der Waals surface area (Å²) in [5, 5.41) is 18.3. The normalized spacial score (nSPS) is 21.4. The van der Waals surface area contributed by atoms with E-state index in [-0.39, 0.29) is 17.9 Å². The van der Waals surface area contributed by atoms with Crippen molar-refractivity contribution in [2.24, 2.45) is 27.8 Å². The molecule has 148 valence electrons. The van der Waals surface area contributed by atoms with Gasteiger partial charge in [0.25, 0.3) is 0 Å². The maximum absolute atomic E-state index is 12.7. The van der Waals surface area contributed by atoms with E-state index in [1.807, 2.05) is 0 Å². The van der Waals surface area contributed by atoms with Gasteiger partial charge in [0.2, 0.25) is 5.91 Å². The van der Waals surface area contributed by atoms with Crippen molar-refractivity contribution in [2.45, 2.75) is 70.6 Å². The Morgan fingerprint density at radius 2 is 2.04 bits per heavy atom. The number of alkyl carbamates (subject to hydrolysis) is 1. The fraction of sp³-hybridized carbons (Fsp3) is 0.812. The summed E-state index contributed by atoms with van der Waals surface area (Å²) in [5.41, 5.74) is 4.89. The number of carbonyl (C=O) groups is 2. The topological polar surface area (TPSA) is 170 Å². The van der Waals surface area contributed by atoms with Gasteiger partial charge in [0.15, 0.2) is 0 Å². The molecule has 0 saturated heterocycles. The highest BCUT2D eigenvalue weighted by Crippen LogP contribution is 2.26. The number of hydrogen-bond acceptors (Lipinski definition) is 5. The predicted octanol–water partition coefficient (Wildman–Crippen LogP) is -0.613. The molecule has 0 aromatic carbocycles. The van der Waals surface area contributed by atoms with E-state index in [0.717, 1.165) is 19.3 Å². The van der Waals surface area contributed by atoms with Gasteiger partial charge in [-0.05, 0) is 53.0 Å². The van der Waals surface area contributed by atoms with E-state index >= 15 is 0 Å². The standard InChI is InChI=1S/C16H31N7O3/c1-16(2,3)26-15(25)21-12(8-5-9-17)14(24)20-11-7-4-6-10(11)13(18)22-23-19/h10-12H,4-9,17H2,1-3H3,(H,20,24)(H,21,25)(H3,18,19,22)/p+1. The first kappa shape index (κ1) is 21.8. The van der Waals surface area contributed by atoms with Crippen molar-refractivity contribution in [1.82, 2.24) is 10.6 Å². The summed E-state index contributed by atoms with van der Waals surface area (Å²) in [6.45, 7) is 5.70. The van der Waals surface area contributed by atoms with Gasteiger partial charge in [-0.2, -0.15) is 0 Å². The molecule has 26 heavy (non-hydrogen) atoms. The zero-order chi connectivity index (χ0) is 19.7. The molecular weight excluding hydrogens is 338 g/mol. The van der Waals surface area contributed by atoms with Crippen molar-refractivity contribution in [3.63, 3.8) is 0 Å². The number of amidine groups is 1. The molecular formula is C16H32N7O3+. The number of rotatable bonds is 7. The first-order valence-electron chi connectivity index (χ1n) is 8.91. The Balaban J connectivity index is 2.72. The summed E-state index contributed by atoms with van der Waals surface area (Å²) in [6, 6.07) is -0.902. The van der Waals surface area contributed by atoms with Crippen LogP contribution in [-0.2, 0) is 9.53 Å². The second-order valence-corrected chi connectivity index (χ2v) is 7.42. The van der Waals surface area contributed by atoms with Gasteiger partial charge in [-0.1, -0.05) is 6.42 Å². The molecule has 10 nitrogen and oxygen atoms in total. The van der Waals surface area contributed by atoms with Crippen LogP contribution in [0.4, 0.5) is 4.79 Å². The fourth-order valence-corrected chi connectivity index (χ4v) is 2.95. The van der Waals surface area contributed by atoms with Gasteiger partial charge >= 0.3 is 11.9 Å². The highest BCUT2D eigenvalue weighted by Gasteiger charge is 2.37. The first-order chi connectivity index (χ1) is 12.2. The molecule has 3 atom stereocenters. The first-order valence-corrected chi connectivity index (χ1v) is 8.91. The number of nitrogens with zero attached hydrogens (tertiary/aromatic N) is 2. The number of nitrogens with one attached hydrogen (secondary N) is 2. The molecule has 0 spiro atoms. The maximum atomic E-state index is 12.7. The Morgan fingerprint density at radius 3 is 2.62 bits per heavy atom. The van der Waals surface area contributed by atoms with Crippen molar-refractivity contribution in [2.75, 3.05) is 6.54 Å². The number of nitrogens with two attached hydrogens (primary N) is 3. The van der Waals surface area contributed by atoms with Crippen molar-refractivity contribution < 1.29 is 19.7 Å². The second kappa shape index (κ2) is 10.0. The van der Waals surface area contributed by atoms with Crippen LogP contribution in [0.15, 0.2) is 10.3 Å². The summed E-state index contributed by atoms with van der Waals surface area (Å²) in [4.78, 5) is 24.7. The molecule has 0 aromatic rings. The van der Waals surface area contributed by atoms with Gasteiger partial charge in [-0.15, -0.1) is 0 Å². The second-order valence-electron chi connectivity index (χ2n) is 7.42. The Morgan fingerprint density at radius 1 is 1.35 bits per heavy atom. The van der Waals surface area contributed by atoms with Gasteiger partial charge in [0.1, 0.15) is 11.6 Å². The van der Waals surface area contributed by atoms with E-state index in [1.54, 1.807) is 20.8 Å². The lowest BCUT2D eigenvalue weighted by Crippen LogP contribution is -2.54. The molecule has 0 aromatic heterocycles. The highest BCUT2D eigenvalue weighted by molar-refractivity contribution is 5.87. The molecule has 0 radical (unpaired) electrons. The average molecular weight is 370 g/mol. The van der Waals surface area contributed by atoms with E-state index in [4.69, 9.17) is 21.7 Å². The van der Waals surface area contributed by atoms with Crippen LogP contribution in [0.2, 0.25) is 0 Å². The lowest BCUT2D eigenvalue weighted by atomic mass is 10.0. The molecule has 1 saturated carbocycles. The largest absolute Gasteiger partial charge is 0.444 e. The third kappa shape index (κ3) is 7.34. The van der Waals surface area contributed by atoms with Crippen LogP contribution in [0.3, 0.4) is 0 Å². The van der Waals surface area contributed by atoms with E-state index < -0.39 is 17.7 Å². The Bertz CT molecular complexity index is 530.